The molecule has 20 heavy (non-hydrogen) atoms. The minimum Gasteiger partial charge on any atom is -0.506 e. The molecule has 0 saturated heterocycles. The predicted octanol–water partition coefficient (Wildman–Crippen LogP) is 3.58. The number of hydrogen-bond donors (Lipinski definition) is 4. The minimum absolute atomic E-state index is 0.103. The minimum atomic E-state index is -0.805. The molecule has 0 aliphatic heterocycles. The van der Waals surface area contributed by atoms with Gasteiger partial charge < -0.3 is 20.8 Å². The predicted molar refractivity (Wildman–Crippen MR) is 87.5 cm³/mol. The molecule has 0 amide bonds. The first kappa shape index (κ1) is 17.0. The van der Waals surface area contributed by atoms with Gasteiger partial charge in [-0.2, -0.15) is 0 Å². The van der Waals surface area contributed by atoms with Crippen molar-refractivity contribution in [2.45, 2.75) is 39.2 Å². The molecule has 4 nitrogen and oxygen atoms in total. The largest absolute Gasteiger partial charge is 0.506 e. The molecule has 0 aliphatic rings. The number of hydrogen-bond acceptors (Lipinski definition) is 3. The molecule has 0 aliphatic carbocycles. The van der Waals surface area contributed by atoms with E-state index in [9.17, 15) is 10.2 Å². The quantitative estimate of drug-likeness (QED) is 0.367. The monoisotopic (exact) mass is 316 g/mol. The summed E-state index contributed by atoms with van der Waals surface area (Å²) in [7, 11) is 0. The molecule has 0 radical (unpaired) electrons. The second-order valence-corrected chi connectivity index (χ2v) is 5.48. The van der Waals surface area contributed by atoms with Gasteiger partial charge in [0.1, 0.15) is 5.75 Å². The number of aliphatic hydroxyl groups excluding tert-OH is 1. The van der Waals surface area contributed by atoms with Crippen LogP contribution in [-0.4, -0.2) is 21.9 Å². The van der Waals surface area contributed by atoms with Crippen LogP contribution in [0.15, 0.2) is 12.1 Å². The van der Waals surface area contributed by atoms with Crippen molar-refractivity contribution in [2.24, 2.45) is 0 Å². The first-order chi connectivity index (χ1) is 9.45. The lowest BCUT2D eigenvalue weighted by Crippen LogP contribution is -2.29. The Morgan fingerprint density at radius 1 is 1.40 bits per heavy atom. The van der Waals surface area contributed by atoms with Crippen LogP contribution < -0.4 is 10.6 Å². The molecular weight excluding hydrogens is 296 g/mol. The van der Waals surface area contributed by atoms with Crippen LogP contribution in [0.4, 0.5) is 5.69 Å². The van der Waals surface area contributed by atoms with Gasteiger partial charge in [-0.1, -0.05) is 31.4 Å². The molecular formula is C14H21ClN2O2S. The lowest BCUT2D eigenvalue weighted by atomic mass is 10.1. The highest BCUT2D eigenvalue weighted by Crippen LogP contribution is 2.34. The maximum absolute atomic E-state index is 9.76. The molecule has 1 atom stereocenters. The number of phenolic OH excluding ortho intramolecular Hbond substituents is 1. The summed E-state index contributed by atoms with van der Waals surface area (Å²) in [6.07, 6.45) is 2.58. The molecule has 0 aromatic heterocycles. The summed E-state index contributed by atoms with van der Waals surface area (Å²) >= 11 is 11.1. The molecule has 0 spiro atoms. The zero-order chi connectivity index (χ0) is 15.1. The molecule has 1 unspecified atom stereocenters. The number of unbranched alkanes of at least 4 members (excludes halogenated alkanes) is 2. The Morgan fingerprint density at radius 2 is 2.10 bits per heavy atom. The number of aromatic hydroxyl groups is 1. The van der Waals surface area contributed by atoms with E-state index in [2.05, 4.69) is 17.6 Å². The van der Waals surface area contributed by atoms with Crippen LogP contribution in [0.3, 0.4) is 0 Å². The fourth-order valence-corrected chi connectivity index (χ4v) is 2.21. The zero-order valence-electron chi connectivity index (χ0n) is 11.7. The number of halogens is 1. The van der Waals surface area contributed by atoms with Crippen molar-refractivity contribution < 1.29 is 10.2 Å². The molecule has 0 fully saturated rings. The maximum atomic E-state index is 9.76. The Labute approximate surface area is 130 Å². The molecule has 6 heteroatoms. The van der Waals surface area contributed by atoms with Crippen LogP contribution >= 0.6 is 23.8 Å². The molecule has 4 N–H and O–H groups in total. The van der Waals surface area contributed by atoms with Crippen LogP contribution in [0.2, 0.25) is 5.02 Å². The molecule has 1 aromatic rings. The number of anilines is 1. The molecule has 0 bridgehead atoms. The van der Waals surface area contributed by atoms with E-state index in [4.69, 9.17) is 23.8 Å². The first-order valence-corrected chi connectivity index (χ1v) is 7.49. The van der Waals surface area contributed by atoms with Gasteiger partial charge in [0.15, 0.2) is 5.11 Å². The fraction of sp³-hybridized carbons (Fsp3) is 0.500. The third-order valence-corrected chi connectivity index (χ3v) is 3.40. The summed E-state index contributed by atoms with van der Waals surface area (Å²) in [4.78, 5) is 0. The molecule has 1 rings (SSSR count). The van der Waals surface area contributed by atoms with Gasteiger partial charge in [0.25, 0.3) is 0 Å². The van der Waals surface area contributed by atoms with E-state index in [1.165, 1.54) is 0 Å². The van der Waals surface area contributed by atoms with E-state index >= 15 is 0 Å². The summed E-state index contributed by atoms with van der Waals surface area (Å²) in [6.45, 7) is 4.53. The number of aliphatic hydroxyl groups is 1. The maximum Gasteiger partial charge on any atom is 0.170 e. The van der Waals surface area contributed by atoms with E-state index in [0.717, 1.165) is 25.8 Å². The lowest BCUT2D eigenvalue weighted by Gasteiger charge is -2.14. The van der Waals surface area contributed by atoms with Crippen molar-refractivity contribution in [3.63, 3.8) is 0 Å². The van der Waals surface area contributed by atoms with E-state index in [1.807, 2.05) is 0 Å². The van der Waals surface area contributed by atoms with Crippen LogP contribution in [0.25, 0.3) is 0 Å². The lowest BCUT2D eigenvalue weighted by molar-refractivity contribution is 0.195. The highest BCUT2D eigenvalue weighted by atomic mass is 35.5. The van der Waals surface area contributed by atoms with Gasteiger partial charge in [-0.05, 0) is 37.7 Å². The topological polar surface area (TPSA) is 64.5 Å². The standard InChI is InChI=1S/C14H21ClN2O2S/c1-3-4-5-6-16-14(20)17-10-7-11(9(2)18)13(19)12(15)8-10/h7-9,18-19H,3-6H2,1-2H3,(H2,16,17,20). The second-order valence-electron chi connectivity index (χ2n) is 4.66. The molecule has 0 heterocycles. The Hall–Kier alpha value is -1.04. The van der Waals surface area contributed by atoms with E-state index in [0.29, 0.717) is 16.4 Å². The van der Waals surface area contributed by atoms with Crippen LogP contribution in [0.1, 0.15) is 44.8 Å². The summed E-state index contributed by atoms with van der Waals surface area (Å²) < 4.78 is 0. The van der Waals surface area contributed by atoms with Crippen molar-refractivity contribution in [2.75, 3.05) is 11.9 Å². The number of phenols is 1. The Balaban J connectivity index is 2.66. The highest BCUT2D eigenvalue weighted by Gasteiger charge is 2.13. The van der Waals surface area contributed by atoms with Gasteiger partial charge in [-0.3, -0.25) is 0 Å². The normalized spacial score (nSPS) is 12.0. The van der Waals surface area contributed by atoms with Gasteiger partial charge in [0.2, 0.25) is 0 Å². The van der Waals surface area contributed by atoms with Crippen molar-refractivity contribution in [3.8, 4) is 5.75 Å². The van der Waals surface area contributed by atoms with Crippen molar-refractivity contribution in [1.82, 2.24) is 5.32 Å². The van der Waals surface area contributed by atoms with E-state index in [1.54, 1.807) is 19.1 Å². The number of rotatable bonds is 6. The first-order valence-electron chi connectivity index (χ1n) is 6.71. The van der Waals surface area contributed by atoms with E-state index in [-0.39, 0.29) is 10.8 Å². The smallest absolute Gasteiger partial charge is 0.170 e. The summed E-state index contributed by atoms with van der Waals surface area (Å²) in [5.74, 6) is -0.103. The Morgan fingerprint density at radius 3 is 2.70 bits per heavy atom. The average Bonchev–Trinajstić information content (AvgIpc) is 2.38. The van der Waals surface area contributed by atoms with Crippen molar-refractivity contribution >= 4 is 34.6 Å². The Bertz CT molecular complexity index is 467. The highest BCUT2D eigenvalue weighted by molar-refractivity contribution is 7.80. The van der Waals surface area contributed by atoms with Crippen molar-refractivity contribution in [3.05, 3.63) is 22.7 Å². The summed E-state index contributed by atoms with van der Waals surface area (Å²) in [5.41, 5.74) is 1.01. The van der Waals surface area contributed by atoms with Crippen LogP contribution in [-0.2, 0) is 0 Å². The van der Waals surface area contributed by atoms with Gasteiger partial charge in [0.05, 0.1) is 11.1 Å². The molecule has 1 aromatic carbocycles. The van der Waals surface area contributed by atoms with Crippen molar-refractivity contribution in [1.29, 1.82) is 0 Å². The second kappa shape index (κ2) is 8.29. The molecule has 0 saturated carbocycles. The SMILES string of the molecule is CCCCCNC(=S)Nc1cc(Cl)c(O)c(C(C)O)c1. The molecule has 112 valence electrons. The van der Waals surface area contributed by atoms with Gasteiger partial charge in [0, 0.05) is 17.8 Å². The van der Waals surface area contributed by atoms with Gasteiger partial charge >= 0.3 is 0 Å². The van der Waals surface area contributed by atoms with Crippen LogP contribution in [0.5, 0.6) is 5.75 Å². The third-order valence-electron chi connectivity index (χ3n) is 2.87. The number of thiocarbonyl (C=S) groups is 1. The summed E-state index contributed by atoms with van der Waals surface area (Å²) in [6, 6.07) is 3.20. The summed E-state index contributed by atoms with van der Waals surface area (Å²) in [5, 5.41) is 26.1. The zero-order valence-corrected chi connectivity index (χ0v) is 13.3. The van der Waals surface area contributed by atoms with Gasteiger partial charge in [-0.25, -0.2) is 0 Å². The fourth-order valence-electron chi connectivity index (χ4n) is 1.76. The number of benzene rings is 1. The van der Waals surface area contributed by atoms with Gasteiger partial charge in [-0.15, -0.1) is 0 Å². The Kier molecular flexibility index (Phi) is 7.05. The average molecular weight is 317 g/mol. The third kappa shape index (κ3) is 5.15. The number of nitrogens with one attached hydrogen (secondary N) is 2. The van der Waals surface area contributed by atoms with Crippen LogP contribution in [0, 0.1) is 0 Å². The van der Waals surface area contributed by atoms with E-state index < -0.39 is 6.10 Å².